The highest BCUT2D eigenvalue weighted by Crippen LogP contribution is 2.31. The Morgan fingerprint density at radius 2 is 2.18 bits per heavy atom. The van der Waals surface area contributed by atoms with Crippen LogP contribution in [0.4, 0.5) is 5.13 Å². The maximum absolute atomic E-state index is 6.15. The summed E-state index contributed by atoms with van der Waals surface area (Å²) in [4.78, 5) is 4.21. The van der Waals surface area contributed by atoms with Crippen LogP contribution in [0, 0.1) is 0 Å². The Morgan fingerprint density at radius 1 is 1.41 bits per heavy atom. The van der Waals surface area contributed by atoms with Crippen LogP contribution in [0.3, 0.4) is 0 Å². The largest absolute Gasteiger partial charge is 0.489 e. The fourth-order valence-corrected chi connectivity index (χ4v) is 2.23. The maximum Gasteiger partial charge on any atom is 0.180 e. The zero-order valence-corrected chi connectivity index (χ0v) is 11.2. The van der Waals surface area contributed by atoms with E-state index in [1.807, 2.05) is 37.4 Å². The van der Waals surface area contributed by atoms with Crippen molar-refractivity contribution in [1.82, 2.24) is 4.98 Å². The molecule has 17 heavy (non-hydrogen) atoms. The van der Waals surface area contributed by atoms with Crippen molar-refractivity contribution in [3.05, 3.63) is 28.6 Å². The van der Waals surface area contributed by atoms with Crippen molar-refractivity contribution in [2.45, 2.75) is 20.0 Å². The molecule has 2 N–H and O–H groups in total. The lowest BCUT2D eigenvalue weighted by atomic mass is 10.2. The number of nitrogens with two attached hydrogens (primary N) is 1. The van der Waals surface area contributed by atoms with Crippen molar-refractivity contribution in [2.24, 2.45) is 0 Å². The molecule has 1 heterocycles. The van der Waals surface area contributed by atoms with Crippen molar-refractivity contribution in [1.29, 1.82) is 0 Å². The van der Waals surface area contributed by atoms with Gasteiger partial charge in [-0.25, -0.2) is 4.98 Å². The average molecular weight is 269 g/mol. The molecule has 0 spiro atoms. The van der Waals surface area contributed by atoms with Crippen molar-refractivity contribution in [2.75, 3.05) is 5.73 Å². The Balaban J connectivity index is 2.30. The number of anilines is 1. The summed E-state index contributed by atoms with van der Waals surface area (Å²) in [6.45, 7) is 3.93. The molecule has 0 amide bonds. The molecule has 0 aliphatic carbocycles. The lowest BCUT2D eigenvalue weighted by Gasteiger charge is -2.11. The fraction of sp³-hybridized carbons (Fsp3) is 0.250. The lowest BCUT2D eigenvalue weighted by molar-refractivity contribution is 0.242. The third kappa shape index (κ3) is 2.90. The number of benzene rings is 1. The predicted molar refractivity (Wildman–Crippen MR) is 72.7 cm³/mol. The van der Waals surface area contributed by atoms with Crippen LogP contribution in [0.2, 0.25) is 5.02 Å². The topological polar surface area (TPSA) is 48.1 Å². The first-order chi connectivity index (χ1) is 8.06. The van der Waals surface area contributed by atoms with Gasteiger partial charge in [-0.2, -0.15) is 0 Å². The summed E-state index contributed by atoms with van der Waals surface area (Å²) < 4.78 is 5.57. The van der Waals surface area contributed by atoms with E-state index in [4.69, 9.17) is 22.1 Å². The molecule has 90 valence electrons. The van der Waals surface area contributed by atoms with E-state index in [0.717, 1.165) is 11.3 Å². The molecule has 0 aliphatic rings. The fourth-order valence-electron chi connectivity index (χ4n) is 1.43. The summed E-state index contributed by atoms with van der Waals surface area (Å²) in [6, 6.07) is 5.62. The molecule has 0 unspecified atom stereocenters. The van der Waals surface area contributed by atoms with Gasteiger partial charge in [0.1, 0.15) is 5.75 Å². The Hall–Kier alpha value is -1.26. The number of nitrogens with zero attached hydrogens (tertiary/aromatic N) is 1. The van der Waals surface area contributed by atoms with Crippen molar-refractivity contribution in [3.63, 3.8) is 0 Å². The van der Waals surface area contributed by atoms with Crippen molar-refractivity contribution < 1.29 is 4.74 Å². The molecule has 1 aromatic heterocycles. The van der Waals surface area contributed by atoms with Crippen LogP contribution in [0.1, 0.15) is 13.8 Å². The molecule has 5 heteroatoms. The van der Waals surface area contributed by atoms with Crippen LogP contribution in [-0.2, 0) is 0 Å². The van der Waals surface area contributed by atoms with E-state index < -0.39 is 0 Å². The summed E-state index contributed by atoms with van der Waals surface area (Å²) in [6.07, 6.45) is 0.105. The van der Waals surface area contributed by atoms with E-state index >= 15 is 0 Å². The summed E-state index contributed by atoms with van der Waals surface area (Å²) in [5, 5.41) is 3.05. The van der Waals surface area contributed by atoms with Gasteiger partial charge in [0.25, 0.3) is 0 Å². The van der Waals surface area contributed by atoms with Crippen LogP contribution in [0.15, 0.2) is 23.6 Å². The second kappa shape index (κ2) is 4.94. The van der Waals surface area contributed by atoms with Crippen LogP contribution in [-0.4, -0.2) is 11.1 Å². The molecule has 0 radical (unpaired) electrons. The number of ether oxygens (including phenoxy) is 1. The molecular weight excluding hydrogens is 256 g/mol. The number of hydrogen-bond donors (Lipinski definition) is 1. The number of thiazole rings is 1. The minimum absolute atomic E-state index is 0.105. The van der Waals surface area contributed by atoms with Gasteiger partial charge < -0.3 is 10.5 Å². The molecule has 2 rings (SSSR count). The van der Waals surface area contributed by atoms with Gasteiger partial charge in [0, 0.05) is 10.9 Å². The molecular formula is C12H13ClN2OS. The van der Waals surface area contributed by atoms with Gasteiger partial charge in [-0.1, -0.05) is 11.6 Å². The van der Waals surface area contributed by atoms with E-state index in [1.165, 1.54) is 11.3 Å². The molecule has 2 aromatic rings. The van der Waals surface area contributed by atoms with E-state index in [1.54, 1.807) is 0 Å². The van der Waals surface area contributed by atoms with Crippen LogP contribution in [0.5, 0.6) is 5.75 Å². The van der Waals surface area contributed by atoms with Crippen LogP contribution >= 0.6 is 22.9 Å². The Bertz CT molecular complexity index is 525. The Labute approximate surface area is 109 Å². The first-order valence-electron chi connectivity index (χ1n) is 5.24. The highest BCUT2D eigenvalue weighted by Gasteiger charge is 2.08. The highest BCUT2D eigenvalue weighted by atomic mass is 35.5. The summed E-state index contributed by atoms with van der Waals surface area (Å²) in [5.41, 5.74) is 7.38. The number of halogens is 1. The molecule has 0 saturated carbocycles. The number of nitrogen functional groups attached to an aromatic ring is 1. The van der Waals surface area contributed by atoms with Gasteiger partial charge in [-0.05, 0) is 32.0 Å². The Kier molecular flexibility index (Phi) is 3.54. The molecule has 0 bridgehead atoms. The normalized spacial score (nSPS) is 10.8. The lowest BCUT2D eigenvalue weighted by Crippen LogP contribution is -2.05. The molecule has 0 atom stereocenters. The van der Waals surface area contributed by atoms with Crippen LogP contribution in [0.25, 0.3) is 11.3 Å². The minimum Gasteiger partial charge on any atom is -0.489 e. The number of hydrogen-bond acceptors (Lipinski definition) is 4. The van der Waals surface area contributed by atoms with Crippen molar-refractivity contribution in [3.8, 4) is 17.0 Å². The van der Waals surface area contributed by atoms with Gasteiger partial charge in [-0.15, -0.1) is 11.3 Å². The average Bonchev–Trinajstić information content (AvgIpc) is 2.67. The first kappa shape index (κ1) is 12.2. The van der Waals surface area contributed by atoms with E-state index in [0.29, 0.717) is 15.9 Å². The zero-order valence-electron chi connectivity index (χ0n) is 9.61. The monoisotopic (exact) mass is 268 g/mol. The summed E-state index contributed by atoms with van der Waals surface area (Å²) >= 11 is 7.56. The molecule has 0 fully saturated rings. The van der Waals surface area contributed by atoms with E-state index in [2.05, 4.69) is 4.98 Å². The van der Waals surface area contributed by atoms with Gasteiger partial charge in [0.05, 0.1) is 16.8 Å². The smallest absolute Gasteiger partial charge is 0.180 e. The minimum atomic E-state index is 0.105. The SMILES string of the molecule is CC(C)Oc1ccc(-c2csc(N)n2)cc1Cl. The van der Waals surface area contributed by atoms with Gasteiger partial charge in [0.2, 0.25) is 0 Å². The Morgan fingerprint density at radius 3 is 2.71 bits per heavy atom. The van der Waals surface area contributed by atoms with Gasteiger partial charge in [0.15, 0.2) is 5.13 Å². The third-order valence-electron chi connectivity index (χ3n) is 2.11. The van der Waals surface area contributed by atoms with Gasteiger partial charge in [-0.3, -0.25) is 0 Å². The highest BCUT2D eigenvalue weighted by molar-refractivity contribution is 7.13. The molecule has 1 aromatic carbocycles. The zero-order chi connectivity index (χ0) is 12.4. The van der Waals surface area contributed by atoms with Gasteiger partial charge >= 0.3 is 0 Å². The molecule has 0 aliphatic heterocycles. The second-order valence-corrected chi connectivity index (χ2v) is 5.18. The standard InChI is InChI=1S/C12H13ClN2OS/c1-7(2)16-11-4-3-8(5-9(11)13)10-6-17-12(14)15-10/h3-7H,1-2H3,(H2,14,15). The van der Waals surface area contributed by atoms with E-state index in [9.17, 15) is 0 Å². The van der Waals surface area contributed by atoms with Crippen LogP contribution < -0.4 is 10.5 Å². The second-order valence-electron chi connectivity index (χ2n) is 3.88. The maximum atomic E-state index is 6.15. The number of aromatic nitrogens is 1. The van der Waals surface area contributed by atoms with E-state index in [-0.39, 0.29) is 6.10 Å². The number of rotatable bonds is 3. The quantitative estimate of drug-likeness (QED) is 0.920. The van der Waals surface area contributed by atoms with Crippen molar-refractivity contribution >= 4 is 28.1 Å². The molecule has 3 nitrogen and oxygen atoms in total. The predicted octanol–water partition coefficient (Wildman–Crippen LogP) is 3.83. The first-order valence-corrected chi connectivity index (χ1v) is 6.49. The summed E-state index contributed by atoms with van der Waals surface area (Å²) in [5.74, 6) is 0.689. The molecule has 0 saturated heterocycles. The third-order valence-corrected chi connectivity index (χ3v) is 3.08. The summed E-state index contributed by atoms with van der Waals surface area (Å²) in [7, 11) is 0.